The molecule has 1 aliphatic rings. The van der Waals surface area contributed by atoms with Gasteiger partial charge in [0.2, 0.25) is 15.9 Å². The monoisotopic (exact) mass is 491 g/mol. The van der Waals surface area contributed by atoms with Gasteiger partial charge in [-0.25, -0.2) is 12.7 Å². The zero-order chi connectivity index (χ0) is 24.8. The van der Waals surface area contributed by atoms with Gasteiger partial charge in [0, 0.05) is 40.2 Å². The SMILES string of the molecule is CN(C)CCN(C)C(=O)CC[C@H]1CC[C@H](CN(C)S(=O)(=O)c2ccc(C(F)(F)F)cc2)CC1. The van der Waals surface area contributed by atoms with E-state index in [1.165, 1.54) is 11.4 Å². The molecule has 0 atom stereocenters. The Hall–Kier alpha value is -1.65. The van der Waals surface area contributed by atoms with E-state index in [1.807, 2.05) is 26.0 Å². The lowest BCUT2D eigenvalue weighted by atomic mass is 9.80. The third-order valence-electron chi connectivity index (χ3n) is 6.45. The molecule has 0 bridgehead atoms. The normalized spacial score (nSPS) is 19.8. The summed E-state index contributed by atoms with van der Waals surface area (Å²) in [6.45, 7) is 1.87. The molecule has 0 heterocycles. The Morgan fingerprint density at radius 2 is 1.48 bits per heavy atom. The zero-order valence-corrected chi connectivity index (χ0v) is 20.8. The second kappa shape index (κ2) is 11.7. The summed E-state index contributed by atoms with van der Waals surface area (Å²) in [6, 6.07) is 3.62. The van der Waals surface area contributed by atoms with Crippen LogP contribution in [0.3, 0.4) is 0 Å². The van der Waals surface area contributed by atoms with Gasteiger partial charge >= 0.3 is 6.18 Å². The predicted molar refractivity (Wildman–Crippen MR) is 122 cm³/mol. The summed E-state index contributed by atoms with van der Waals surface area (Å²) in [5, 5.41) is 0. The maximum absolute atomic E-state index is 12.8. The fraction of sp³-hybridized carbons (Fsp3) is 0.696. The van der Waals surface area contributed by atoms with E-state index in [2.05, 4.69) is 0 Å². The number of likely N-dealkylation sites (N-methyl/N-ethyl adjacent to an activating group) is 2. The fourth-order valence-corrected chi connectivity index (χ4v) is 5.40. The van der Waals surface area contributed by atoms with Crippen LogP contribution in [0.1, 0.15) is 44.1 Å². The van der Waals surface area contributed by atoms with Crippen LogP contribution in [0.5, 0.6) is 0 Å². The average molecular weight is 492 g/mol. The third-order valence-corrected chi connectivity index (χ3v) is 8.28. The molecule has 1 aromatic carbocycles. The minimum absolute atomic E-state index is 0.136. The number of carbonyl (C=O) groups is 1. The quantitative estimate of drug-likeness (QED) is 0.498. The first-order chi connectivity index (χ1) is 15.3. The highest BCUT2D eigenvalue weighted by molar-refractivity contribution is 7.89. The van der Waals surface area contributed by atoms with Crippen LogP contribution < -0.4 is 0 Å². The molecular formula is C23H36F3N3O3S. The molecular weight excluding hydrogens is 455 g/mol. The standard InChI is InChI=1S/C23H36F3N3O3S/c1-27(2)15-16-28(3)22(30)14-9-18-5-7-19(8-6-18)17-29(4)33(31,32)21-12-10-20(11-13-21)23(24,25)26/h10-13,18-19H,5-9,14-17H2,1-4H3/t18-,19-. The van der Waals surface area contributed by atoms with Crippen LogP contribution in [0.25, 0.3) is 0 Å². The Balaban J connectivity index is 1.80. The molecule has 1 aromatic rings. The van der Waals surface area contributed by atoms with Crippen molar-refractivity contribution in [2.45, 2.75) is 49.6 Å². The van der Waals surface area contributed by atoms with E-state index in [0.717, 1.165) is 62.9 Å². The minimum Gasteiger partial charge on any atom is -0.344 e. The fourth-order valence-electron chi connectivity index (χ4n) is 4.15. The number of benzene rings is 1. The number of halogens is 3. The Morgan fingerprint density at radius 1 is 0.939 bits per heavy atom. The van der Waals surface area contributed by atoms with Crippen LogP contribution in [0, 0.1) is 11.8 Å². The average Bonchev–Trinajstić information content (AvgIpc) is 2.76. The molecule has 0 saturated heterocycles. The van der Waals surface area contributed by atoms with Gasteiger partial charge in [0.25, 0.3) is 0 Å². The van der Waals surface area contributed by atoms with Crippen molar-refractivity contribution in [2.24, 2.45) is 11.8 Å². The Bertz CT molecular complexity index is 865. The number of sulfonamides is 1. The van der Waals surface area contributed by atoms with Gasteiger partial charge in [-0.1, -0.05) is 12.8 Å². The highest BCUT2D eigenvalue weighted by atomic mass is 32.2. The van der Waals surface area contributed by atoms with Crippen LogP contribution in [0.15, 0.2) is 29.2 Å². The number of rotatable bonds is 10. The summed E-state index contributed by atoms with van der Waals surface area (Å²) < 4.78 is 65.0. The molecule has 0 spiro atoms. The molecule has 6 nitrogen and oxygen atoms in total. The van der Waals surface area contributed by atoms with E-state index in [9.17, 15) is 26.4 Å². The summed E-state index contributed by atoms with van der Waals surface area (Å²) in [5.41, 5.74) is -0.871. The number of nitrogens with zero attached hydrogens (tertiary/aromatic N) is 3. The molecule has 1 aliphatic carbocycles. The second-order valence-electron chi connectivity index (χ2n) is 9.35. The predicted octanol–water partition coefficient (Wildman–Crippen LogP) is 3.93. The molecule has 0 radical (unpaired) electrons. The first kappa shape index (κ1) is 27.6. The van der Waals surface area contributed by atoms with Crippen molar-refractivity contribution in [3.8, 4) is 0 Å². The third kappa shape index (κ3) is 8.26. The highest BCUT2D eigenvalue weighted by Crippen LogP contribution is 2.33. The maximum atomic E-state index is 12.8. The summed E-state index contributed by atoms with van der Waals surface area (Å²) in [5.74, 6) is 0.819. The molecule has 1 fully saturated rings. The number of alkyl halides is 3. The van der Waals surface area contributed by atoms with Crippen molar-refractivity contribution in [1.82, 2.24) is 14.1 Å². The molecule has 188 valence electrons. The molecule has 0 aliphatic heterocycles. The van der Waals surface area contributed by atoms with Crippen molar-refractivity contribution in [3.05, 3.63) is 29.8 Å². The molecule has 2 rings (SSSR count). The lowest BCUT2D eigenvalue weighted by Gasteiger charge is -2.31. The maximum Gasteiger partial charge on any atom is 0.416 e. The molecule has 10 heteroatoms. The molecule has 0 aromatic heterocycles. The number of amides is 1. The van der Waals surface area contributed by atoms with E-state index in [4.69, 9.17) is 0 Å². The first-order valence-electron chi connectivity index (χ1n) is 11.3. The highest BCUT2D eigenvalue weighted by Gasteiger charge is 2.32. The summed E-state index contributed by atoms with van der Waals surface area (Å²) in [4.78, 5) is 16.0. The van der Waals surface area contributed by atoms with Crippen LogP contribution in [0.2, 0.25) is 0 Å². The van der Waals surface area contributed by atoms with E-state index in [1.54, 1.807) is 4.90 Å². The summed E-state index contributed by atoms with van der Waals surface area (Å²) >= 11 is 0. The van der Waals surface area contributed by atoms with Gasteiger partial charge in [-0.05, 0) is 69.5 Å². The van der Waals surface area contributed by atoms with Crippen molar-refractivity contribution in [2.75, 3.05) is 47.8 Å². The molecule has 1 amide bonds. The molecule has 1 saturated carbocycles. The van der Waals surface area contributed by atoms with Gasteiger partial charge in [-0.15, -0.1) is 0 Å². The van der Waals surface area contributed by atoms with Crippen LogP contribution in [-0.2, 0) is 21.0 Å². The lowest BCUT2D eigenvalue weighted by Crippen LogP contribution is -2.34. The Labute approximate surface area is 195 Å². The number of hydrogen-bond acceptors (Lipinski definition) is 4. The Morgan fingerprint density at radius 3 is 2.00 bits per heavy atom. The van der Waals surface area contributed by atoms with Gasteiger partial charge in [0.1, 0.15) is 0 Å². The second-order valence-corrected chi connectivity index (χ2v) is 11.4. The number of hydrogen-bond donors (Lipinski definition) is 0. The minimum atomic E-state index is -4.50. The van der Waals surface area contributed by atoms with Gasteiger partial charge in [0.15, 0.2) is 0 Å². The zero-order valence-electron chi connectivity index (χ0n) is 19.9. The number of carbonyl (C=O) groups excluding carboxylic acids is 1. The topological polar surface area (TPSA) is 60.9 Å². The van der Waals surface area contributed by atoms with Crippen LogP contribution >= 0.6 is 0 Å². The van der Waals surface area contributed by atoms with Crippen molar-refractivity contribution in [3.63, 3.8) is 0 Å². The van der Waals surface area contributed by atoms with Gasteiger partial charge in [-0.3, -0.25) is 4.79 Å². The summed E-state index contributed by atoms with van der Waals surface area (Å²) in [7, 11) is 3.41. The van der Waals surface area contributed by atoms with Crippen molar-refractivity contribution < 1.29 is 26.4 Å². The largest absolute Gasteiger partial charge is 0.416 e. The molecule has 0 N–H and O–H groups in total. The molecule has 33 heavy (non-hydrogen) atoms. The van der Waals surface area contributed by atoms with E-state index in [-0.39, 0.29) is 16.7 Å². The Kier molecular flexibility index (Phi) is 9.75. The first-order valence-corrected chi connectivity index (χ1v) is 12.8. The van der Waals surface area contributed by atoms with Gasteiger partial charge in [0.05, 0.1) is 10.5 Å². The van der Waals surface area contributed by atoms with E-state index in [0.29, 0.717) is 25.4 Å². The summed E-state index contributed by atoms with van der Waals surface area (Å²) in [6.07, 6.45) is 0.531. The van der Waals surface area contributed by atoms with Crippen molar-refractivity contribution in [1.29, 1.82) is 0 Å². The van der Waals surface area contributed by atoms with Gasteiger partial charge < -0.3 is 9.80 Å². The van der Waals surface area contributed by atoms with Crippen LogP contribution in [-0.4, -0.2) is 76.3 Å². The molecule has 0 unspecified atom stereocenters. The van der Waals surface area contributed by atoms with E-state index < -0.39 is 21.8 Å². The lowest BCUT2D eigenvalue weighted by molar-refractivity contribution is -0.137. The van der Waals surface area contributed by atoms with Crippen molar-refractivity contribution >= 4 is 15.9 Å². The van der Waals surface area contributed by atoms with Gasteiger partial charge in [-0.2, -0.15) is 13.2 Å². The van der Waals surface area contributed by atoms with Crippen LogP contribution in [0.4, 0.5) is 13.2 Å². The van der Waals surface area contributed by atoms with E-state index >= 15 is 0 Å². The smallest absolute Gasteiger partial charge is 0.344 e.